The molecular formula is C23H22N2O2S. The number of thioether (sulfide) groups is 1. The molecule has 2 N–H and O–H groups in total. The Balaban J connectivity index is 1.51. The van der Waals surface area contributed by atoms with Gasteiger partial charge in [0.15, 0.2) is 0 Å². The Morgan fingerprint density at radius 3 is 2.21 bits per heavy atom. The molecule has 2 amide bonds. The SMILES string of the molecule is Cc1cccc(NC(=O)CSc2cccc(NC(=O)Cc3ccccc3)c2)c1. The van der Waals surface area contributed by atoms with E-state index in [0.717, 1.165) is 27.4 Å². The number of carbonyl (C=O) groups excluding carboxylic acids is 2. The largest absolute Gasteiger partial charge is 0.326 e. The number of carbonyl (C=O) groups is 2. The highest BCUT2D eigenvalue weighted by molar-refractivity contribution is 8.00. The molecule has 0 aromatic heterocycles. The summed E-state index contributed by atoms with van der Waals surface area (Å²) in [5.41, 5.74) is 3.60. The van der Waals surface area contributed by atoms with Crippen LogP contribution in [0.2, 0.25) is 0 Å². The lowest BCUT2D eigenvalue weighted by molar-refractivity contribution is -0.115. The summed E-state index contributed by atoms with van der Waals surface area (Å²) in [7, 11) is 0. The number of nitrogens with one attached hydrogen (secondary N) is 2. The third-order valence-corrected chi connectivity index (χ3v) is 4.99. The number of amides is 2. The van der Waals surface area contributed by atoms with Crippen molar-refractivity contribution in [2.75, 3.05) is 16.4 Å². The quantitative estimate of drug-likeness (QED) is 0.564. The lowest BCUT2D eigenvalue weighted by Gasteiger charge is -2.08. The first-order chi connectivity index (χ1) is 13.6. The number of anilines is 2. The summed E-state index contributed by atoms with van der Waals surface area (Å²) in [5.74, 6) is 0.176. The molecule has 0 spiro atoms. The van der Waals surface area contributed by atoms with Crippen molar-refractivity contribution >= 4 is 35.0 Å². The van der Waals surface area contributed by atoms with E-state index >= 15 is 0 Å². The topological polar surface area (TPSA) is 58.2 Å². The van der Waals surface area contributed by atoms with E-state index < -0.39 is 0 Å². The van der Waals surface area contributed by atoms with Crippen LogP contribution in [0.15, 0.2) is 83.8 Å². The summed E-state index contributed by atoms with van der Waals surface area (Å²) >= 11 is 1.43. The van der Waals surface area contributed by atoms with Gasteiger partial charge in [0.2, 0.25) is 11.8 Å². The zero-order chi connectivity index (χ0) is 19.8. The molecule has 0 heterocycles. The minimum Gasteiger partial charge on any atom is -0.326 e. The Kier molecular flexibility index (Phi) is 6.87. The van der Waals surface area contributed by atoms with Crippen molar-refractivity contribution < 1.29 is 9.59 Å². The van der Waals surface area contributed by atoms with Crippen molar-refractivity contribution in [3.63, 3.8) is 0 Å². The first-order valence-corrected chi connectivity index (χ1v) is 10.0. The standard InChI is InChI=1S/C23H22N2O2S/c1-17-7-5-10-19(13-17)25-23(27)16-28-21-12-6-11-20(15-21)24-22(26)14-18-8-3-2-4-9-18/h2-13,15H,14,16H2,1H3,(H,24,26)(H,25,27). The van der Waals surface area contributed by atoms with E-state index in [-0.39, 0.29) is 11.8 Å². The minimum atomic E-state index is -0.0643. The fourth-order valence-electron chi connectivity index (χ4n) is 2.72. The average Bonchev–Trinajstić information content (AvgIpc) is 2.67. The molecule has 4 nitrogen and oxygen atoms in total. The summed E-state index contributed by atoms with van der Waals surface area (Å²) in [6, 6.07) is 24.9. The first kappa shape index (κ1) is 19.7. The number of hydrogen-bond acceptors (Lipinski definition) is 3. The van der Waals surface area contributed by atoms with Gasteiger partial charge < -0.3 is 10.6 Å². The van der Waals surface area contributed by atoms with Crippen molar-refractivity contribution in [2.24, 2.45) is 0 Å². The van der Waals surface area contributed by atoms with Crippen molar-refractivity contribution in [1.29, 1.82) is 0 Å². The molecule has 5 heteroatoms. The Bertz CT molecular complexity index is 958. The van der Waals surface area contributed by atoms with Gasteiger partial charge in [-0.1, -0.05) is 48.5 Å². The summed E-state index contributed by atoms with van der Waals surface area (Å²) in [6.07, 6.45) is 0.330. The van der Waals surface area contributed by atoms with E-state index in [1.54, 1.807) is 0 Å². The van der Waals surface area contributed by atoms with Gasteiger partial charge in [-0.25, -0.2) is 0 Å². The van der Waals surface area contributed by atoms with Crippen molar-refractivity contribution in [1.82, 2.24) is 0 Å². The van der Waals surface area contributed by atoms with Gasteiger partial charge in [0.1, 0.15) is 0 Å². The van der Waals surface area contributed by atoms with E-state index in [4.69, 9.17) is 0 Å². The molecule has 3 aromatic carbocycles. The third kappa shape index (κ3) is 6.28. The van der Waals surface area contributed by atoms with E-state index in [1.807, 2.05) is 85.8 Å². The van der Waals surface area contributed by atoms with E-state index in [2.05, 4.69) is 10.6 Å². The molecule has 0 aliphatic heterocycles. The molecule has 0 radical (unpaired) electrons. The number of benzene rings is 3. The van der Waals surface area contributed by atoms with Gasteiger partial charge in [-0.3, -0.25) is 9.59 Å². The van der Waals surface area contributed by atoms with Crippen molar-refractivity contribution in [3.8, 4) is 0 Å². The first-order valence-electron chi connectivity index (χ1n) is 9.02. The maximum atomic E-state index is 12.2. The van der Waals surface area contributed by atoms with Crippen LogP contribution in [-0.4, -0.2) is 17.6 Å². The molecule has 3 aromatic rings. The molecule has 142 valence electrons. The Hall–Kier alpha value is -3.05. The predicted octanol–water partition coefficient (Wildman–Crippen LogP) is 4.91. The second-order valence-corrected chi connectivity index (χ2v) is 7.49. The third-order valence-electron chi connectivity index (χ3n) is 4.00. The highest BCUT2D eigenvalue weighted by atomic mass is 32.2. The summed E-state index contributed by atoms with van der Waals surface area (Å²) in [4.78, 5) is 25.3. The van der Waals surface area contributed by atoms with Gasteiger partial charge in [0.25, 0.3) is 0 Å². The fourth-order valence-corrected chi connectivity index (χ4v) is 3.47. The van der Waals surface area contributed by atoms with Crippen LogP contribution in [0.1, 0.15) is 11.1 Å². The van der Waals surface area contributed by atoms with Gasteiger partial charge in [-0.2, -0.15) is 0 Å². The van der Waals surface area contributed by atoms with Crippen molar-refractivity contribution in [2.45, 2.75) is 18.2 Å². The van der Waals surface area contributed by atoms with Crippen LogP contribution < -0.4 is 10.6 Å². The normalized spacial score (nSPS) is 10.3. The summed E-state index contributed by atoms with van der Waals surface area (Å²) in [5, 5.41) is 5.81. The molecular weight excluding hydrogens is 368 g/mol. The molecule has 0 aliphatic carbocycles. The van der Waals surface area contributed by atoms with Crippen LogP contribution in [0.3, 0.4) is 0 Å². The van der Waals surface area contributed by atoms with Crippen LogP contribution in [0.4, 0.5) is 11.4 Å². The summed E-state index contributed by atoms with van der Waals surface area (Å²) in [6.45, 7) is 1.99. The predicted molar refractivity (Wildman–Crippen MR) is 116 cm³/mol. The van der Waals surface area contributed by atoms with Gasteiger partial charge in [0, 0.05) is 16.3 Å². The zero-order valence-electron chi connectivity index (χ0n) is 15.6. The van der Waals surface area contributed by atoms with Gasteiger partial charge in [0.05, 0.1) is 12.2 Å². The molecule has 3 rings (SSSR count). The van der Waals surface area contributed by atoms with Crippen LogP contribution in [-0.2, 0) is 16.0 Å². The summed E-state index contributed by atoms with van der Waals surface area (Å²) < 4.78 is 0. The number of hydrogen-bond donors (Lipinski definition) is 2. The Labute approximate surface area is 169 Å². The zero-order valence-corrected chi connectivity index (χ0v) is 16.5. The maximum Gasteiger partial charge on any atom is 0.234 e. The number of rotatable bonds is 7. The molecule has 0 atom stereocenters. The van der Waals surface area contributed by atoms with Gasteiger partial charge in [-0.15, -0.1) is 11.8 Å². The lowest BCUT2D eigenvalue weighted by Crippen LogP contribution is -2.15. The van der Waals surface area contributed by atoms with E-state index in [1.165, 1.54) is 11.8 Å². The van der Waals surface area contributed by atoms with Gasteiger partial charge >= 0.3 is 0 Å². The molecule has 0 aliphatic rings. The monoisotopic (exact) mass is 390 g/mol. The van der Waals surface area contributed by atoms with Crippen LogP contribution >= 0.6 is 11.8 Å². The highest BCUT2D eigenvalue weighted by Crippen LogP contribution is 2.22. The molecule has 0 fully saturated rings. The second-order valence-electron chi connectivity index (χ2n) is 6.44. The van der Waals surface area contributed by atoms with Crippen molar-refractivity contribution in [3.05, 3.63) is 90.0 Å². The number of aryl methyl sites for hydroxylation is 1. The highest BCUT2D eigenvalue weighted by Gasteiger charge is 2.07. The second kappa shape index (κ2) is 9.76. The Morgan fingerprint density at radius 2 is 1.46 bits per heavy atom. The fraction of sp³-hybridized carbons (Fsp3) is 0.130. The molecule has 0 saturated carbocycles. The molecule has 0 unspecified atom stereocenters. The smallest absolute Gasteiger partial charge is 0.234 e. The maximum absolute atomic E-state index is 12.2. The lowest BCUT2D eigenvalue weighted by atomic mass is 10.1. The molecule has 28 heavy (non-hydrogen) atoms. The Morgan fingerprint density at radius 1 is 0.786 bits per heavy atom. The van der Waals surface area contributed by atoms with E-state index in [0.29, 0.717) is 12.2 Å². The van der Waals surface area contributed by atoms with Crippen LogP contribution in [0, 0.1) is 6.92 Å². The van der Waals surface area contributed by atoms with E-state index in [9.17, 15) is 9.59 Å². The van der Waals surface area contributed by atoms with Crippen LogP contribution in [0.5, 0.6) is 0 Å². The van der Waals surface area contributed by atoms with Gasteiger partial charge in [-0.05, 0) is 48.4 Å². The minimum absolute atomic E-state index is 0.0610. The van der Waals surface area contributed by atoms with Crippen LogP contribution in [0.25, 0.3) is 0 Å². The molecule has 0 bridgehead atoms. The molecule has 0 saturated heterocycles. The average molecular weight is 391 g/mol.